The molecule has 0 aliphatic carbocycles. The van der Waals surface area contributed by atoms with Crippen LogP contribution in [-0.4, -0.2) is 13.1 Å². The number of nitrogens with one attached hydrogen (secondary N) is 1. The molecule has 114 valence electrons. The second-order valence-corrected chi connectivity index (χ2v) is 6.76. The Morgan fingerprint density at radius 1 is 1.10 bits per heavy atom. The molecule has 0 aromatic heterocycles. The van der Waals surface area contributed by atoms with Crippen LogP contribution in [0.4, 0.5) is 8.78 Å². The van der Waals surface area contributed by atoms with E-state index in [-0.39, 0.29) is 5.41 Å². The number of rotatable bonds is 8. The van der Waals surface area contributed by atoms with Gasteiger partial charge in [0, 0.05) is 0 Å². The predicted molar refractivity (Wildman–Crippen MR) is 80.8 cm³/mol. The van der Waals surface area contributed by atoms with E-state index in [0.29, 0.717) is 5.92 Å². The molecule has 0 atom stereocenters. The molecule has 1 aromatic rings. The van der Waals surface area contributed by atoms with Crippen LogP contribution >= 0.6 is 0 Å². The molecule has 1 nitrogen and oxygen atoms in total. The van der Waals surface area contributed by atoms with Crippen molar-refractivity contribution in [1.29, 1.82) is 0 Å². The summed E-state index contributed by atoms with van der Waals surface area (Å²) in [5.41, 5.74) is 1.07. The van der Waals surface area contributed by atoms with Crippen LogP contribution in [0.3, 0.4) is 0 Å². The second-order valence-electron chi connectivity index (χ2n) is 6.76. The van der Waals surface area contributed by atoms with Crippen LogP contribution in [0, 0.1) is 23.0 Å². The highest BCUT2D eigenvalue weighted by Crippen LogP contribution is 2.26. The minimum Gasteiger partial charge on any atom is -0.316 e. The normalized spacial score (nSPS) is 12.2. The Bertz CT molecular complexity index is 413. The molecule has 0 saturated carbocycles. The van der Waals surface area contributed by atoms with Crippen LogP contribution in [0.1, 0.15) is 46.1 Å². The monoisotopic (exact) mass is 283 g/mol. The minimum absolute atomic E-state index is 0.203. The molecule has 0 radical (unpaired) electrons. The molecule has 0 amide bonds. The number of aryl methyl sites for hydroxylation is 1. The van der Waals surface area contributed by atoms with Gasteiger partial charge in [0.1, 0.15) is 0 Å². The maximum Gasteiger partial charge on any atom is 0.159 e. The van der Waals surface area contributed by atoms with Gasteiger partial charge in [-0.3, -0.25) is 0 Å². The summed E-state index contributed by atoms with van der Waals surface area (Å²) in [5, 5.41) is 3.45. The van der Waals surface area contributed by atoms with Crippen LogP contribution in [0.2, 0.25) is 0 Å². The molecule has 0 heterocycles. The topological polar surface area (TPSA) is 12.0 Å². The highest BCUT2D eigenvalue weighted by atomic mass is 19.2. The van der Waals surface area contributed by atoms with Crippen LogP contribution in [0.5, 0.6) is 0 Å². The summed E-state index contributed by atoms with van der Waals surface area (Å²) >= 11 is 0. The Kier molecular flexibility index (Phi) is 6.60. The molecule has 0 aliphatic heterocycles. The highest BCUT2D eigenvalue weighted by molar-refractivity contribution is 5.18. The number of halogens is 2. The average Bonchev–Trinajstić information content (AvgIpc) is 2.36. The van der Waals surface area contributed by atoms with Gasteiger partial charge in [0.2, 0.25) is 0 Å². The first kappa shape index (κ1) is 17.1. The minimum atomic E-state index is -0.772. The lowest BCUT2D eigenvalue weighted by molar-refractivity contribution is 0.300. The summed E-state index contributed by atoms with van der Waals surface area (Å²) in [4.78, 5) is 0. The molecule has 20 heavy (non-hydrogen) atoms. The summed E-state index contributed by atoms with van der Waals surface area (Å²) < 4.78 is 26.0. The van der Waals surface area contributed by atoms with Crippen molar-refractivity contribution in [3.63, 3.8) is 0 Å². The van der Waals surface area contributed by atoms with Crippen molar-refractivity contribution < 1.29 is 8.78 Å². The Labute approximate surface area is 121 Å². The average molecular weight is 283 g/mol. The highest BCUT2D eigenvalue weighted by Gasteiger charge is 2.17. The van der Waals surface area contributed by atoms with Crippen LogP contribution in [-0.2, 0) is 6.42 Å². The first-order valence-corrected chi connectivity index (χ1v) is 7.45. The predicted octanol–water partition coefficient (Wildman–Crippen LogP) is 4.56. The molecule has 0 fully saturated rings. The fourth-order valence-electron chi connectivity index (χ4n) is 2.12. The van der Waals surface area contributed by atoms with E-state index in [0.717, 1.165) is 37.9 Å². The SMILES string of the molecule is CC(C)CNCCC(C)(C)CCc1ccc(F)c(F)c1. The Hall–Kier alpha value is -0.960. The van der Waals surface area contributed by atoms with Gasteiger partial charge in [-0.05, 0) is 61.4 Å². The Morgan fingerprint density at radius 2 is 1.80 bits per heavy atom. The molecule has 0 aliphatic rings. The lowest BCUT2D eigenvalue weighted by Crippen LogP contribution is -2.25. The number of benzene rings is 1. The molecule has 1 rings (SSSR count). The van der Waals surface area contributed by atoms with Crippen LogP contribution in [0.25, 0.3) is 0 Å². The van der Waals surface area contributed by atoms with Gasteiger partial charge in [0.05, 0.1) is 0 Å². The van der Waals surface area contributed by atoms with Crippen molar-refractivity contribution >= 4 is 0 Å². The van der Waals surface area contributed by atoms with Crippen molar-refractivity contribution in [2.45, 2.75) is 47.0 Å². The van der Waals surface area contributed by atoms with E-state index in [9.17, 15) is 8.78 Å². The zero-order valence-corrected chi connectivity index (χ0v) is 13.1. The summed E-state index contributed by atoms with van der Waals surface area (Å²) in [6.07, 6.45) is 2.85. The van der Waals surface area contributed by atoms with Gasteiger partial charge in [-0.1, -0.05) is 33.8 Å². The smallest absolute Gasteiger partial charge is 0.159 e. The van der Waals surface area contributed by atoms with E-state index in [1.807, 2.05) is 0 Å². The van der Waals surface area contributed by atoms with E-state index in [1.54, 1.807) is 6.07 Å². The maximum atomic E-state index is 13.1. The zero-order chi connectivity index (χ0) is 15.2. The van der Waals surface area contributed by atoms with Crippen LogP contribution < -0.4 is 5.32 Å². The molecule has 1 aromatic carbocycles. The number of hydrogen-bond donors (Lipinski definition) is 1. The van der Waals surface area contributed by atoms with Gasteiger partial charge >= 0.3 is 0 Å². The molecule has 3 heteroatoms. The summed E-state index contributed by atoms with van der Waals surface area (Å²) in [6, 6.07) is 4.19. The number of hydrogen-bond acceptors (Lipinski definition) is 1. The molecule has 0 saturated heterocycles. The van der Waals surface area contributed by atoms with Gasteiger partial charge in [0.15, 0.2) is 11.6 Å². The summed E-state index contributed by atoms with van der Waals surface area (Å²) in [7, 11) is 0. The largest absolute Gasteiger partial charge is 0.316 e. The third-order valence-corrected chi connectivity index (χ3v) is 3.61. The fraction of sp³-hybridized carbons (Fsp3) is 0.647. The molecule has 0 unspecified atom stereocenters. The molecular formula is C17H27F2N. The van der Waals surface area contributed by atoms with Crippen molar-refractivity contribution in [3.8, 4) is 0 Å². The van der Waals surface area contributed by atoms with E-state index in [2.05, 4.69) is 33.0 Å². The van der Waals surface area contributed by atoms with Crippen molar-refractivity contribution in [2.24, 2.45) is 11.3 Å². The lowest BCUT2D eigenvalue weighted by Gasteiger charge is -2.25. The van der Waals surface area contributed by atoms with Gasteiger partial charge in [-0.15, -0.1) is 0 Å². The van der Waals surface area contributed by atoms with Crippen molar-refractivity contribution in [2.75, 3.05) is 13.1 Å². The Morgan fingerprint density at radius 3 is 2.40 bits per heavy atom. The van der Waals surface area contributed by atoms with Gasteiger partial charge in [0.25, 0.3) is 0 Å². The van der Waals surface area contributed by atoms with E-state index in [1.165, 1.54) is 12.1 Å². The van der Waals surface area contributed by atoms with Crippen LogP contribution in [0.15, 0.2) is 18.2 Å². The van der Waals surface area contributed by atoms with Gasteiger partial charge < -0.3 is 5.32 Å². The lowest BCUT2D eigenvalue weighted by atomic mass is 9.83. The van der Waals surface area contributed by atoms with E-state index in [4.69, 9.17) is 0 Å². The third kappa shape index (κ3) is 6.47. The molecular weight excluding hydrogens is 256 g/mol. The van der Waals surface area contributed by atoms with Gasteiger partial charge in [-0.25, -0.2) is 8.78 Å². The summed E-state index contributed by atoms with van der Waals surface area (Å²) in [6.45, 7) is 10.9. The van der Waals surface area contributed by atoms with Gasteiger partial charge in [-0.2, -0.15) is 0 Å². The fourth-order valence-corrected chi connectivity index (χ4v) is 2.12. The maximum absolute atomic E-state index is 13.1. The standard InChI is InChI=1S/C17H27F2N/c1-13(2)12-20-10-9-17(3,4)8-7-14-5-6-15(18)16(19)11-14/h5-6,11,13,20H,7-10,12H2,1-4H3. The second kappa shape index (κ2) is 7.72. The molecule has 1 N–H and O–H groups in total. The van der Waals surface area contributed by atoms with Crippen molar-refractivity contribution in [3.05, 3.63) is 35.4 Å². The quantitative estimate of drug-likeness (QED) is 0.690. The van der Waals surface area contributed by atoms with E-state index < -0.39 is 11.6 Å². The first-order valence-electron chi connectivity index (χ1n) is 7.45. The van der Waals surface area contributed by atoms with Crippen molar-refractivity contribution in [1.82, 2.24) is 5.32 Å². The third-order valence-electron chi connectivity index (χ3n) is 3.61. The molecule has 0 bridgehead atoms. The first-order chi connectivity index (χ1) is 9.30. The summed E-state index contributed by atoms with van der Waals surface area (Å²) in [5.74, 6) is -0.856. The Balaban J connectivity index is 2.36. The zero-order valence-electron chi connectivity index (χ0n) is 13.1. The molecule has 0 spiro atoms. The van der Waals surface area contributed by atoms with E-state index >= 15 is 0 Å².